The number of nitrogens with one attached hydrogen (secondary N) is 1. The minimum Gasteiger partial charge on any atom is -0.394 e. The lowest BCUT2D eigenvalue weighted by Crippen LogP contribution is -2.61. The highest BCUT2D eigenvalue weighted by Gasteiger charge is 2.37. The van der Waals surface area contributed by atoms with Crippen molar-refractivity contribution in [1.29, 1.82) is 0 Å². The first kappa shape index (κ1) is 15.2. The lowest BCUT2D eigenvalue weighted by atomic mass is 9.98. The van der Waals surface area contributed by atoms with Crippen molar-refractivity contribution in [3.8, 4) is 0 Å². The topological polar surface area (TPSA) is 70.5 Å². The van der Waals surface area contributed by atoms with Crippen LogP contribution in [0.4, 0.5) is 5.82 Å². The number of rotatable bonds is 5. The van der Waals surface area contributed by atoms with Gasteiger partial charge in [-0.1, -0.05) is 13.8 Å². The summed E-state index contributed by atoms with van der Waals surface area (Å²) in [4.78, 5) is 10.9. The molecule has 1 aromatic rings. The number of aromatic nitrogens is 2. The van der Waals surface area contributed by atoms with E-state index in [-0.39, 0.29) is 12.1 Å². The molecule has 0 spiro atoms. The van der Waals surface area contributed by atoms with Gasteiger partial charge < -0.3 is 15.2 Å². The SMILES string of the molecule is CC(C)c1nccc(NC[C@]2(CO)COCCN2C)n1. The summed E-state index contributed by atoms with van der Waals surface area (Å²) in [6.07, 6.45) is 1.76. The predicted octanol–water partition coefficient (Wildman–Crippen LogP) is 0.705. The zero-order chi connectivity index (χ0) is 14.6. The standard InChI is InChI=1S/C14H24N4O2/c1-11(2)13-15-5-4-12(17-13)16-8-14(9-19)10-20-7-6-18(14)3/h4-5,11,19H,6-10H2,1-3H3,(H,15,16,17)/t14-/m0/s1. The van der Waals surface area contributed by atoms with Crippen LogP contribution in [0.15, 0.2) is 12.3 Å². The Morgan fingerprint density at radius 1 is 1.55 bits per heavy atom. The highest BCUT2D eigenvalue weighted by Crippen LogP contribution is 2.19. The lowest BCUT2D eigenvalue weighted by Gasteiger charge is -2.43. The number of likely N-dealkylation sites (N-methyl/N-ethyl adjacent to an activating group) is 1. The zero-order valence-electron chi connectivity index (χ0n) is 12.5. The fourth-order valence-corrected chi connectivity index (χ4v) is 2.22. The highest BCUT2D eigenvalue weighted by atomic mass is 16.5. The Morgan fingerprint density at radius 2 is 2.35 bits per heavy atom. The van der Waals surface area contributed by atoms with Crippen LogP contribution in [0.25, 0.3) is 0 Å². The highest BCUT2D eigenvalue weighted by molar-refractivity contribution is 5.34. The Bertz CT molecular complexity index is 441. The van der Waals surface area contributed by atoms with Crippen molar-refractivity contribution in [1.82, 2.24) is 14.9 Å². The minimum atomic E-state index is -0.388. The van der Waals surface area contributed by atoms with Crippen molar-refractivity contribution in [2.75, 3.05) is 45.3 Å². The first-order chi connectivity index (χ1) is 9.57. The van der Waals surface area contributed by atoms with Crippen molar-refractivity contribution < 1.29 is 9.84 Å². The summed E-state index contributed by atoms with van der Waals surface area (Å²) in [5.74, 6) is 1.90. The number of hydrogen-bond donors (Lipinski definition) is 2. The van der Waals surface area contributed by atoms with Crippen LogP contribution in [-0.4, -0.2) is 65.5 Å². The first-order valence-corrected chi connectivity index (χ1v) is 7.04. The van der Waals surface area contributed by atoms with Crippen LogP contribution in [0.5, 0.6) is 0 Å². The molecule has 0 amide bonds. The van der Waals surface area contributed by atoms with E-state index in [1.807, 2.05) is 13.1 Å². The Kier molecular flexibility index (Phi) is 4.91. The van der Waals surface area contributed by atoms with Gasteiger partial charge in [0.05, 0.1) is 25.4 Å². The van der Waals surface area contributed by atoms with Crippen LogP contribution in [0.2, 0.25) is 0 Å². The van der Waals surface area contributed by atoms with Gasteiger partial charge in [0.1, 0.15) is 11.6 Å². The molecule has 0 bridgehead atoms. The van der Waals surface area contributed by atoms with Crippen LogP contribution < -0.4 is 5.32 Å². The normalized spacial score (nSPS) is 24.1. The molecule has 0 unspecified atom stereocenters. The molecule has 1 aliphatic heterocycles. The molecule has 20 heavy (non-hydrogen) atoms. The van der Waals surface area contributed by atoms with Crippen LogP contribution in [0.1, 0.15) is 25.6 Å². The van der Waals surface area contributed by atoms with Crippen LogP contribution in [0.3, 0.4) is 0 Å². The summed E-state index contributed by atoms with van der Waals surface area (Å²) in [6.45, 7) is 6.84. The van der Waals surface area contributed by atoms with Gasteiger partial charge in [0, 0.05) is 25.2 Å². The number of anilines is 1. The molecule has 2 heterocycles. The smallest absolute Gasteiger partial charge is 0.133 e. The number of nitrogens with zero attached hydrogens (tertiary/aromatic N) is 3. The second-order valence-corrected chi connectivity index (χ2v) is 5.66. The van der Waals surface area contributed by atoms with Crippen LogP contribution in [-0.2, 0) is 4.74 Å². The van der Waals surface area contributed by atoms with Crippen molar-refractivity contribution in [3.05, 3.63) is 18.1 Å². The molecule has 112 valence electrons. The van der Waals surface area contributed by atoms with E-state index in [1.165, 1.54) is 0 Å². The number of ether oxygens (including phenoxy) is 1. The fraction of sp³-hybridized carbons (Fsp3) is 0.714. The van der Waals surface area contributed by atoms with Crippen molar-refractivity contribution in [2.24, 2.45) is 0 Å². The second kappa shape index (κ2) is 6.47. The molecule has 6 nitrogen and oxygen atoms in total. The summed E-state index contributed by atoms with van der Waals surface area (Å²) in [6, 6.07) is 1.85. The molecular formula is C14H24N4O2. The molecule has 2 N–H and O–H groups in total. The van der Waals surface area contributed by atoms with Gasteiger partial charge in [-0.15, -0.1) is 0 Å². The van der Waals surface area contributed by atoms with E-state index in [1.54, 1.807) is 6.20 Å². The third-order valence-electron chi connectivity index (χ3n) is 3.84. The van der Waals surface area contributed by atoms with Gasteiger partial charge in [-0.3, -0.25) is 4.90 Å². The Balaban J connectivity index is 2.04. The maximum Gasteiger partial charge on any atom is 0.133 e. The minimum absolute atomic E-state index is 0.0542. The average Bonchev–Trinajstić information content (AvgIpc) is 2.47. The second-order valence-electron chi connectivity index (χ2n) is 5.66. The molecule has 1 aromatic heterocycles. The van der Waals surface area contributed by atoms with Gasteiger partial charge in [-0.2, -0.15) is 0 Å². The lowest BCUT2D eigenvalue weighted by molar-refractivity contribution is -0.0726. The van der Waals surface area contributed by atoms with E-state index in [4.69, 9.17) is 4.74 Å². The molecule has 1 aliphatic rings. The van der Waals surface area contributed by atoms with E-state index in [9.17, 15) is 5.11 Å². The fourth-order valence-electron chi connectivity index (χ4n) is 2.22. The maximum absolute atomic E-state index is 9.74. The third-order valence-corrected chi connectivity index (χ3v) is 3.84. The quantitative estimate of drug-likeness (QED) is 0.827. The van der Waals surface area contributed by atoms with Gasteiger partial charge in [0.2, 0.25) is 0 Å². The average molecular weight is 280 g/mol. The van der Waals surface area contributed by atoms with E-state index in [0.717, 1.165) is 18.2 Å². The van der Waals surface area contributed by atoms with E-state index < -0.39 is 0 Å². The largest absolute Gasteiger partial charge is 0.394 e. The van der Waals surface area contributed by atoms with E-state index in [0.29, 0.717) is 25.7 Å². The molecule has 0 radical (unpaired) electrons. The molecular weight excluding hydrogens is 256 g/mol. The van der Waals surface area contributed by atoms with Crippen LogP contribution >= 0.6 is 0 Å². The molecule has 6 heteroatoms. The van der Waals surface area contributed by atoms with E-state index in [2.05, 4.69) is 34.0 Å². The van der Waals surface area contributed by atoms with Gasteiger partial charge in [0.25, 0.3) is 0 Å². The summed E-state index contributed by atoms with van der Waals surface area (Å²) in [5, 5.41) is 13.0. The third kappa shape index (κ3) is 3.26. The predicted molar refractivity (Wildman–Crippen MR) is 77.9 cm³/mol. The Hall–Kier alpha value is -1.24. The monoisotopic (exact) mass is 280 g/mol. The summed E-state index contributed by atoms with van der Waals surface area (Å²) in [7, 11) is 2.01. The molecule has 0 aromatic carbocycles. The first-order valence-electron chi connectivity index (χ1n) is 7.04. The van der Waals surface area contributed by atoms with Gasteiger partial charge in [0.15, 0.2) is 0 Å². The Labute approximate surface area is 120 Å². The Morgan fingerprint density at radius 3 is 3.00 bits per heavy atom. The van der Waals surface area contributed by atoms with Crippen LogP contribution in [0, 0.1) is 0 Å². The van der Waals surface area contributed by atoms with Crippen molar-refractivity contribution >= 4 is 5.82 Å². The van der Waals surface area contributed by atoms with Gasteiger partial charge >= 0.3 is 0 Å². The maximum atomic E-state index is 9.74. The molecule has 1 atom stereocenters. The number of hydrogen-bond acceptors (Lipinski definition) is 6. The van der Waals surface area contributed by atoms with E-state index >= 15 is 0 Å². The van der Waals surface area contributed by atoms with Crippen molar-refractivity contribution in [2.45, 2.75) is 25.3 Å². The van der Waals surface area contributed by atoms with Gasteiger partial charge in [-0.25, -0.2) is 9.97 Å². The van der Waals surface area contributed by atoms with Gasteiger partial charge in [-0.05, 0) is 13.1 Å². The summed E-state index contributed by atoms with van der Waals surface area (Å²) >= 11 is 0. The number of aliphatic hydroxyl groups is 1. The number of morpholine rings is 1. The summed E-state index contributed by atoms with van der Waals surface area (Å²) < 4.78 is 5.52. The zero-order valence-corrected chi connectivity index (χ0v) is 12.5. The molecule has 2 rings (SSSR count). The summed E-state index contributed by atoms with van der Waals surface area (Å²) in [5.41, 5.74) is -0.388. The number of aliphatic hydroxyl groups excluding tert-OH is 1. The molecule has 0 aliphatic carbocycles. The molecule has 1 fully saturated rings. The van der Waals surface area contributed by atoms with Crippen molar-refractivity contribution in [3.63, 3.8) is 0 Å². The molecule has 0 saturated carbocycles. The molecule has 1 saturated heterocycles.